The van der Waals surface area contributed by atoms with Crippen molar-refractivity contribution in [1.29, 1.82) is 0 Å². The van der Waals surface area contributed by atoms with E-state index in [2.05, 4.69) is 17.1 Å². The molecule has 24 heavy (non-hydrogen) atoms. The number of fused-ring (bicyclic) bond motifs is 2. The molecule has 5 nitrogen and oxygen atoms in total. The standard InChI is InChI=1S/C19H17N3O2/c1-23-10-11-24-15-7-8-18-17(12-15)20-13-22(18)19-9-6-14-4-2-3-5-16(14)21-19/h2-9,12-13H,10-11H2,1H3. The Hall–Kier alpha value is -2.92. The Labute approximate surface area is 139 Å². The molecule has 2 aromatic heterocycles. The van der Waals surface area contributed by atoms with Crippen molar-refractivity contribution in [2.24, 2.45) is 0 Å². The van der Waals surface area contributed by atoms with Crippen LogP contribution in [0.5, 0.6) is 5.75 Å². The first-order valence-corrected chi connectivity index (χ1v) is 7.80. The van der Waals surface area contributed by atoms with Crippen molar-refractivity contribution in [2.45, 2.75) is 0 Å². The van der Waals surface area contributed by atoms with Gasteiger partial charge in [-0.05, 0) is 30.3 Å². The summed E-state index contributed by atoms with van der Waals surface area (Å²) in [5.74, 6) is 1.64. The van der Waals surface area contributed by atoms with Gasteiger partial charge < -0.3 is 9.47 Å². The van der Waals surface area contributed by atoms with Crippen LogP contribution in [0.15, 0.2) is 60.9 Å². The van der Waals surface area contributed by atoms with Gasteiger partial charge in [-0.1, -0.05) is 18.2 Å². The van der Waals surface area contributed by atoms with Crippen molar-refractivity contribution in [3.05, 3.63) is 60.9 Å². The summed E-state index contributed by atoms with van der Waals surface area (Å²) in [4.78, 5) is 9.20. The Morgan fingerprint density at radius 3 is 2.79 bits per heavy atom. The average molecular weight is 319 g/mol. The van der Waals surface area contributed by atoms with E-state index in [0.717, 1.165) is 33.5 Å². The van der Waals surface area contributed by atoms with Crippen molar-refractivity contribution >= 4 is 21.9 Å². The van der Waals surface area contributed by atoms with E-state index in [0.29, 0.717) is 13.2 Å². The van der Waals surface area contributed by atoms with E-state index in [9.17, 15) is 0 Å². The van der Waals surface area contributed by atoms with Crippen LogP contribution in [0.4, 0.5) is 0 Å². The number of ether oxygens (including phenoxy) is 2. The number of pyridine rings is 1. The van der Waals surface area contributed by atoms with E-state index >= 15 is 0 Å². The molecule has 2 aromatic carbocycles. The van der Waals surface area contributed by atoms with Crippen LogP contribution >= 0.6 is 0 Å². The molecule has 120 valence electrons. The van der Waals surface area contributed by atoms with Crippen LogP contribution in [0.2, 0.25) is 0 Å². The molecular weight excluding hydrogens is 302 g/mol. The van der Waals surface area contributed by atoms with Crippen molar-refractivity contribution in [2.75, 3.05) is 20.3 Å². The van der Waals surface area contributed by atoms with Gasteiger partial charge in [0.1, 0.15) is 24.5 Å². The highest BCUT2D eigenvalue weighted by Crippen LogP contribution is 2.23. The molecule has 0 saturated heterocycles. The molecular formula is C19H17N3O2. The molecule has 0 aliphatic rings. The maximum atomic E-state index is 5.64. The Bertz CT molecular complexity index is 994. The second-order valence-corrected chi connectivity index (χ2v) is 5.47. The fourth-order valence-electron chi connectivity index (χ4n) is 2.70. The molecule has 4 rings (SSSR count). The molecule has 0 fully saturated rings. The monoisotopic (exact) mass is 319 g/mol. The minimum absolute atomic E-state index is 0.523. The van der Waals surface area contributed by atoms with Crippen molar-refractivity contribution in [3.63, 3.8) is 0 Å². The van der Waals surface area contributed by atoms with Crippen LogP contribution in [0.25, 0.3) is 27.8 Å². The average Bonchev–Trinajstić information content (AvgIpc) is 3.05. The molecule has 5 heteroatoms. The predicted molar refractivity (Wildman–Crippen MR) is 93.7 cm³/mol. The van der Waals surface area contributed by atoms with Crippen LogP contribution in [0, 0.1) is 0 Å². The number of methoxy groups -OCH3 is 1. The van der Waals surface area contributed by atoms with Crippen molar-refractivity contribution < 1.29 is 9.47 Å². The Balaban J connectivity index is 1.70. The van der Waals surface area contributed by atoms with Gasteiger partial charge in [-0.25, -0.2) is 9.97 Å². The summed E-state index contributed by atoms with van der Waals surface area (Å²) in [6, 6.07) is 18.0. The van der Waals surface area contributed by atoms with Gasteiger partial charge in [0, 0.05) is 18.6 Å². The molecule has 4 aromatic rings. The molecule has 0 aliphatic heterocycles. The summed E-state index contributed by atoms with van der Waals surface area (Å²) in [5, 5.41) is 1.12. The quantitative estimate of drug-likeness (QED) is 0.527. The Kier molecular flexibility index (Phi) is 3.84. The van der Waals surface area contributed by atoms with Crippen LogP contribution in [-0.2, 0) is 4.74 Å². The second kappa shape index (κ2) is 6.29. The Morgan fingerprint density at radius 2 is 1.88 bits per heavy atom. The van der Waals surface area contributed by atoms with Gasteiger partial charge in [-0.2, -0.15) is 0 Å². The third-order valence-electron chi connectivity index (χ3n) is 3.91. The summed E-state index contributed by atoms with van der Waals surface area (Å²) in [6.07, 6.45) is 1.79. The first-order chi connectivity index (χ1) is 11.8. The highest BCUT2D eigenvalue weighted by atomic mass is 16.5. The second-order valence-electron chi connectivity index (χ2n) is 5.47. The van der Waals surface area contributed by atoms with Crippen molar-refractivity contribution in [3.8, 4) is 11.6 Å². The van der Waals surface area contributed by atoms with Gasteiger partial charge in [0.05, 0.1) is 23.2 Å². The fraction of sp³-hybridized carbons (Fsp3) is 0.158. The molecule has 0 radical (unpaired) electrons. The number of rotatable bonds is 5. The van der Waals surface area contributed by atoms with Crippen molar-refractivity contribution in [1.82, 2.24) is 14.5 Å². The summed E-state index contributed by atoms with van der Waals surface area (Å²) < 4.78 is 12.6. The lowest BCUT2D eigenvalue weighted by atomic mass is 10.2. The first-order valence-electron chi connectivity index (χ1n) is 7.80. The largest absolute Gasteiger partial charge is 0.491 e. The third kappa shape index (κ3) is 2.70. The molecule has 0 atom stereocenters. The smallest absolute Gasteiger partial charge is 0.139 e. The maximum absolute atomic E-state index is 5.64. The zero-order chi connectivity index (χ0) is 16.4. The van der Waals surface area contributed by atoms with E-state index in [4.69, 9.17) is 14.5 Å². The number of benzene rings is 2. The number of nitrogens with zero attached hydrogens (tertiary/aromatic N) is 3. The summed E-state index contributed by atoms with van der Waals surface area (Å²) in [6.45, 7) is 1.09. The highest BCUT2D eigenvalue weighted by molar-refractivity contribution is 5.81. The summed E-state index contributed by atoms with van der Waals surface area (Å²) >= 11 is 0. The van der Waals surface area contributed by atoms with Crippen LogP contribution < -0.4 is 4.74 Å². The van der Waals surface area contributed by atoms with E-state index in [-0.39, 0.29) is 0 Å². The van der Waals surface area contributed by atoms with E-state index in [1.807, 2.05) is 47.0 Å². The first kappa shape index (κ1) is 14.7. The number of hydrogen-bond donors (Lipinski definition) is 0. The van der Waals surface area contributed by atoms with E-state index in [1.54, 1.807) is 13.4 Å². The number of para-hydroxylation sites is 1. The lowest BCUT2D eigenvalue weighted by Gasteiger charge is -2.07. The van der Waals surface area contributed by atoms with Gasteiger partial charge in [0.2, 0.25) is 0 Å². The summed E-state index contributed by atoms with van der Waals surface area (Å²) in [5.41, 5.74) is 2.84. The minimum atomic E-state index is 0.523. The van der Waals surface area contributed by atoms with Gasteiger partial charge in [0.15, 0.2) is 0 Å². The van der Waals surface area contributed by atoms with Gasteiger partial charge >= 0.3 is 0 Å². The zero-order valence-corrected chi connectivity index (χ0v) is 13.3. The van der Waals surface area contributed by atoms with Crippen LogP contribution in [0.3, 0.4) is 0 Å². The zero-order valence-electron chi connectivity index (χ0n) is 13.3. The van der Waals surface area contributed by atoms with Gasteiger partial charge in [-0.15, -0.1) is 0 Å². The predicted octanol–water partition coefficient (Wildman–Crippen LogP) is 3.60. The molecule has 2 heterocycles. The molecule has 0 unspecified atom stereocenters. The van der Waals surface area contributed by atoms with E-state index in [1.165, 1.54) is 0 Å². The molecule has 0 amide bonds. The molecule has 0 aliphatic carbocycles. The molecule has 0 spiro atoms. The lowest BCUT2D eigenvalue weighted by Crippen LogP contribution is -2.04. The number of hydrogen-bond acceptors (Lipinski definition) is 4. The molecule has 0 N–H and O–H groups in total. The van der Waals surface area contributed by atoms with Gasteiger partial charge in [0.25, 0.3) is 0 Å². The molecule has 0 saturated carbocycles. The lowest BCUT2D eigenvalue weighted by molar-refractivity contribution is 0.146. The SMILES string of the molecule is COCCOc1ccc2c(c1)ncn2-c1ccc2ccccc2n1. The van der Waals surface area contributed by atoms with Crippen LogP contribution in [0.1, 0.15) is 0 Å². The number of imidazole rings is 1. The van der Waals surface area contributed by atoms with Crippen LogP contribution in [-0.4, -0.2) is 34.9 Å². The number of aromatic nitrogens is 3. The van der Waals surface area contributed by atoms with E-state index < -0.39 is 0 Å². The topological polar surface area (TPSA) is 49.2 Å². The summed E-state index contributed by atoms with van der Waals surface area (Å²) in [7, 11) is 1.66. The highest BCUT2D eigenvalue weighted by Gasteiger charge is 2.08. The normalized spacial score (nSPS) is 11.2. The third-order valence-corrected chi connectivity index (χ3v) is 3.91. The minimum Gasteiger partial charge on any atom is -0.491 e. The Morgan fingerprint density at radius 1 is 0.958 bits per heavy atom. The van der Waals surface area contributed by atoms with Gasteiger partial charge in [-0.3, -0.25) is 4.57 Å². The maximum Gasteiger partial charge on any atom is 0.139 e. The fourth-order valence-corrected chi connectivity index (χ4v) is 2.70. The molecule has 0 bridgehead atoms.